The topological polar surface area (TPSA) is 66.5 Å². The number of hydrogen-bond donors (Lipinski definition) is 1. The minimum absolute atomic E-state index is 0.00682. The molecule has 1 aliphatic heterocycles. The number of fused-ring (bicyclic) bond motifs is 1. The monoisotopic (exact) mass is 470 g/mol. The minimum atomic E-state index is -3.81. The van der Waals surface area contributed by atoms with E-state index < -0.39 is 21.7 Å². The van der Waals surface area contributed by atoms with E-state index in [9.17, 15) is 17.6 Å². The zero-order valence-corrected chi connectivity index (χ0v) is 18.6. The van der Waals surface area contributed by atoms with Crippen LogP contribution in [0.25, 0.3) is 6.08 Å². The molecule has 3 aromatic rings. The van der Waals surface area contributed by atoms with Gasteiger partial charge in [0.05, 0.1) is 21.2 Å². The standard InChI is InChI=1S/C24H20ClFN2O3S/c1-2-16-8-12-19(13-9-16)32(30,31)28-14-4-5-17-10-11-18(15-22(17)28)27-24(29)23-20(25)6-3-7-21(23)26/h2-3,6-13,15H,1,4-5,14H2,(H,27,29). The lowest BCUT2D eigenvalue weighted by atomic mass is 10.0. The Morgan fingerprint density at radius 2 is 1.88 bits per heavy atom. The first-order valence-electron chi connectivity index (χ1n) is 9.95. The molecule has 0 radical (unpaired) electrons. The van der Waals surface area contributed by atoms with Crippen LogP contribution in [0.3, 0.4) is 0 Å². The normalized spacial score (nSPS) is 13.4. The fourth-order valence-electron chi connectivity index (χ4n) is 3.68. The Kier molecular flexibility index (Phi) is 6.04. The van der Waals surface area contributed by atoms with Gasteiger partial charge in [-0.2, -0.15) is 0 Å². The van der Waals surface area contributed by atoms with Crippen molar-refractivity contribution >= 4 is 45.0 Å². The smallest absolute Gasteiger partial charge is 0.264 e. The lowest BCUT2D eigenvalue weighted by molar-refractivity contribution is 0.102. The fourth-order valence-corrected chi connectivity index (χ4v) is 5.46. The van der Waals surface area contributed by atoms with Crippen LogP contribution in [-0.4, -0.2) is 20.9 Å². The molecule has 0 saturated carbocycles. The van der Waals surface area contributed by atoms with Crippen LogP contribution in [-0.2, 0) is 16.4 Å². The van der Waals surface area contributed by atoms with Crippen molar-refractivity contribution in [3.63, 3.8) is 0 Å². The maximum Gasteiger partial charge on any atom is 0.264 e. The van der Waals surface area contributed by atoms with E-state index in [1.54, 1.807) is 48.5 Å². The number of hydrogen-bond acceptors (Lipinski definition) is 3. The molecule has 0 atom stereocenters. The first-order chi connectivity index (χ1) is 15.3. The number of carbonyl (C=O) groups excluding carboxylic acids is 1. The molecule has 32 heavy (non-hydrogen) atoms. The third-order valence-corrected chi connectivity index (χ3v) is 7.46. The predicted molar refractivity (Wildman–Crippen MR) is 125 cm³/mol. The molecule has 0 bridgehead atoms. The second-order valence-corrected chi connectivity index (χ2v) is 9.62. The van der Waals surface area contributed by atoms with Crippen LogP contribution < -0.4 is 9.62 Å². The van der Waals surface area contributed by atoms with Crippen LogP contribution in [0.5, 0.6) is 0 Å². The molecule has 0 unspecified atom stereocenters. The fraction of sp³-hybridized carbons (Fsp3) is 0.125. The molecule has 1 N–H and O–H groups in total. The Morgan fingerprint density at radius 1 is 1.12 bits per heavy atom. The van der Waals surface area contributed by atoms with E-state index in [0.717, 1.165) is 17.2 Å². The summed E-state index contributed by atoms with van der Waals surface area (Å²) in [5.74, 6) is -1.45. The van der Waals surface area contributed by atoms with Crippen LogP contribution >= 0.6 is 11.6 Å². The Morgan fingerprint density at radius 3 is 2.56 bits per heavy atom. The van der Waals surface area contributed by atoms with Crippen LogP contribution in [0.2, 0.25) is 5.02 Å². The van der Waals surface area contributed by atoms with Gasteiger partial charge in [0.25, 0.3) is 15.9 Å². The highest BCUT2D eigenvalue weighted by Gasteiger charge is 2.29. The van der Waals surface area contributed by atoms with Gasteiger partial charge in [0.15, 0.2) is 0 Å². The molecule has 0 aliphatic carbocycles. The van der Waals surface area contributed by atoms with E-state index in [1.165, 1.54) is 16.4 Å². The van der Waals surface area contributed by atoms with Gasteiger partial charge < -0.3 is 5.32 Å². The summed E-state index contributed by atoms with van der Waals surface area (Å²) in [5, 5.41) is 2.61. The Balaban J connectivity index is 1.68. The summed E-state index contributed by atoms with van der Waals surface area (Å²) in [7, 11) is -3.81. The van der Waals surface area contributed by atoms with Crippen molar-refractivity contribution in [2.45, 2.75) is 17.7 Å². The molecule has 1 aliphatic rings. The van der Waals surface area contributed by atoms with Gasteiger partial charge in [-0.3, -0.25) is 9.10 Å². The van der Waals surface area contributed by atoms with Crippen molar-refractivity contribution in [3.05, 3.63) is 94.8 Å². The van der Waals surface area contributed by atoms with Crippen molar-refractivity contribution in [1.82, 2.24) is 0 Å². The van der Waals surface area contributed by atoms with Gasteiger partial charge >= 0.3 is 0 Å². The summed E-state index contributed by atoms with van der Waals surface area (Å²) in [6.45, 7) is 4.00. The number of nitrogens with one attached hydrogen (secondary N) is 1. The van der Waals surface area contributed by atoms with E-state index in [0.29, 0.717) is 30.8 Å². The van der Waals surface area contributed by atoms with Gasteiger partial charge in [0.1, 0.15) is 5.82 Å². The van der Waals surface area contributed by atoms with E-state index in [4.69, 9.17) is 11.6 Å². The average molecular weight is 471 g/mol. The first kappa shape index (κ1) is 22.0. The molecule has 1 amide bonds. The number of rotatable bonds is 5. The van der Waals surface area contributed by atoms with Crippen molar-refractivity contribution in [1.29, 1.82) is 0 Å². The Bertz CT molecular complexity index is 1290. The van der Waals surface area contributed by atoms with Gasteiger partial charge in [-0.05, 0) is 60.4 Å². The van der Waals surface area contributed by atoms with Crippen LogP contribution in [0.4, 0.5) is 15.8 Å². The van der Waals surface area contributed by atoms with Crippen LogP contribution in [0.1, 0.15) is 27.9 Å². The number of halogens is 2. The molecule has 164 valence electrons. The van der Waals surface area contributed by atoms with Gasteiger partial charge in [-0.25, -0.2) is 12.8 Å². The lowest BCUT2D eigenvalue weighted by Crippen LogP contribution is -2.35. The molecule has 0 aromatic heterocycles. The summed E-state index contributed by atoms with van der Waals surface area (Å²) >= 11 is 5.98. The Hall–Kier alpha value is -3.16. The largest absolute Gasteiger partial charge is 0.322 e. The number of benzene rings is 3. The number of anilines is 2. The van der Waals surface area contributed by atoms with Crippen molar-refractivity contribution < 1.29 is 17.6 Å². The lowest BCUT2D eigenvalue weighted by Gasteiger charge is -2.31. The molecule has 5 nitrogen and oxygen atoms in total. The maximum atomic E-state index is 14.1. The highest BCUT2D eigenvalue weighted by atomic mass is 35.5. The van der Waals surface area contributed by atoms with Gasteiger partial charge in [0, 0.05) is 12.2 Å². The number of aryl methyl sites for hydroxylation is 1. The van der Waals surface area contributed by atoms with Gasteiger partial charge in [-0.1, -0.05) is 48.5 Å². The van der Waals surface area contributed by atoms with Crippen molar-refractivity contribution in [3.8, 4) is 0 Å². The zero-order chi connectivity index (χ0) is 22.9. The van der Waals surface area contributed by atoms with E-state index in [-0.39, 0.29) is 15.5 Å². The molecule has 3 aromatic carbocycles. The molecular formula is C24H20ClFN2O3S. The average Bonchev–Trinajstić information content (AvgIpc) is 2.78. The quantitative estimate of drug-likeness (QED) is 0.534. The number of carbonyl (C=O) groups is 1. The number of amides is 1. The molecule has 0 fully saturated rings. The molecular weight excluding hydrogens is 451 g/mol. The maximum absolute atomic E-state index is 14.1. The van der Waals surface area contributed by atoms with Crippen LogP contribution in [0.15, 0.2) is 72.1 Å². The molecule has 0 saturated heterocycles. The second-order valence-electron chi connectivity index (χ2n) is 7.35. The third kappa shape index (κ3) is 4.13. The first-order valence-corrected chi connectivity index (χ1v) is 11.8. The summed E-state index contributed by atoms with van der Waals surface area (Å²) in [5.41, 5.74) is 2.24. The van der Waals surface area contributed by atoms with E-state index >= 15 is 0 Å². The molecule has 0 spiro atoms. The summed E-state index contributed by atoms with van der Waals surface area (Å²) in [4.78, 5) is 12.8. The molecule has 1 heterocycles. The van der Waals surface area contributed by atoms with Crippen molar-refractivity contribution in [2.24, 2.45) is 0 Å². The zero-order valence-electron chi connectivity index (χ0n) is 17.0. The summed E-state index contributed by atoms with van der Waals surface area (Å²) < 4.78 is 42.1. The van der Waals surface area contributed by atoms with Gasteiger partial charge in [0.2, 0.25) is 0 Å². The Labute approximate surface area is 191 Å². The molecule has 8 heteroatoms. The minimum Gasteiger partial charge on any atom is -0.322 e. The number of nitrogens with zero attached hydrogens (tertiary/aromatic N) is 1. The highest BCUT2D eigenvalue weighted by molar-refractivity contribution is 7.92. The predicted octanol–water partition coefficient (Wildman–Crippen LogP) is 5.52. The summed E-state index contributed by atoms with van der Waals surface area (Å²) in [6, 6.07) is 15.5. The van der Waals surface area contributed by atoms with Crippen LogP contribution in [0, 0.1) is 5.82 Å². The molecule has 4 rings (SSSR count). The summed E-state index contributed by atoms with van der Waals surface area (Å²) in [6.07, 6.45) is 3.03. The van der Waals surface area contributed by atoms with E-state index in [2.05, 4.69) is 11.9 Å². The second kappa shape index (κ2) is 8.76. The SMILES string of the molecule is C=Cc1ccc(S(=O)(=O)N2CCCc3ccc(NC(=O)c4c(F)cccc4Cl)cc32)cc1. The highest BCUT2D eigenvalue weighted by Crippen LogP contribution is 2.34. The third-order valence-electron chi connectivity index (χ3n) is 5.31. The van der Waals surface area contributed by atoms with Gasteiger partial charge in [-0.15, -0.1) is 0 Å². The number of sulfonamides is 1. The van der Waals surface area contributed by atoms with E-state index in [1.807, 2.05) is 0 Å². The van der Waals surface area contributed by atoms with Crippen molar-refractivity contribution in [2.75, 3.05) is 16.2 Å².